The van der Waals surface area contributed by atoms with Crippen LogP contribution in [0.5, 0.6) is 0 Å². The van der Waals surface area contributed by atoms with Crippen LogP contribution in [0.3, 0.4) is 0 Å². The molecule has 0 amide bonds. The summed E-state index contributed by atoms with van der Waals surface area (Å²) in [6, 6.07) is 15.6. The van der Waals surface area contributed by atoms with E-state index in [9.17, 15) is 4.39 Å². The molecule has 24 heavy (non-hydrogen) atoms. The van der Waals surface area contributed by atoms with Crippen molar-refractivity contribution in [3.05, 3.63) is 88.4 Å². The predicted octanol–water partition coefficient (Wildman–Crippen LogP) is 4.99. The van der Waals surface area contributed by atoms with Crippen molar-refractivity contribution >= 4 is 0 Å². The molecular formula is C21H20FNO. The summed E-state index contributed by atoms with van der Waals surface area (Å²) in [5.41, 5.74) is 4.29. The molecule has 3 aromatic rings. The zero-order chi connectivity index (χ0) is 16.5. The maximum Gasteiger partial charge on any atom is 0.199 e. The molecule has 2 aromatic carbocycles. The lowest BCUT2D eigenvalue weighted by atomic mass is 9.84. The average molecular weight is 321 g/mol. The Kier molecular flexibility index (Phi) is 3.93. The Bertz CT molecular complexity index is 833. The molecule has 1 heterocycles. The maximum atomic E-state index is 13.7. The molecule has 4 rings (SSSR count). The summed E-state index contributed by atoms with van der Waals surface area (Å²) in [4.78, 5) is 4.71. The zero-order valence-corrected chi connectivity index (χ0v) is 13.8. The van der Waals surface area contributed by atoms with E-state index in [0.717, 1.165) is 54.2 Å². The quantitative estimate of drug-likeness (QED) is 0.679. The van der Waals surface area contributed by atoms with E-state index < -0.39 is 0 Å². The number of oxazole rings is 1. The van der Waals surface area contributed by atoms with Crippen molar-refractivity contribution in [2.75, 3.05) is 0 Å². The van der Waals surface area contributed by atoms with Crippen molar-refractivity contribution in [2.45, 2.75) is 38.5 Å². The van der Waals surface area contributed by atoms with E-state index in [1.165, 1.54) is 5.56 Å². The van der Waals surface area contributed by atoms with Gasteiger partial charge in [-0.2, -0.15) is 0 Å². The monoisotopic (exact) mass is 321 g/mol. The highest BCUT2D eigenvalue weighted by Gasteiger charge is 2.25. The molecule has 0 aliphatic heterocycles. The van der Waals surface area contributed by atoms with Crippen molar-refractivity contribution < 1.29 is 8.81 Å². The van der Waals surface area contributed by atoms with E-state index in [0.29, 0.717) is 5.92 Å². The van der Waals surface area contributed by atoms with Crippen LogP contribution in [0.25, 0.3) is 0 Å². The first-order valence-corrected chi connectivity index (χ1v) is 8.46. The van der Waals surface area contributed by atoms with Gasteiger partial charge in [-0.25, -0.2) is 9.37 Å². The Labute approximate surface area is 141 Å². The first-order chi connectivity index (χ1) is 11.7. The highest BCUT2D eigenvalue weighted by molar-refractivity contribution is 5.30. The largest absolute Gasteiger partial charge is 0.445 e. The summed E-state index contributed by atoms with van der Waals surface area (Å²) < 4.78 is 19.6. The fraction of sp³-hybridized carbons (Fsp3) is 0.286. The highest BCUT2D eigenvalue weighted by Crippen LogP contribution is 2.33. The zero-order valence-electron chi connectivity index (χ0n) is 13.8. The minimum absolute atomic E-state index is 0.152. The molecule has 1 atom stereocenters. The van der Waals surface area contributed by atoms with Crippen molar-refractivity contribution in [3.63, 3.8) is 0 Å². The molecule has 1 aliphatic rings. The molecule has 0 spiro atoms. The number of aromatic nitrogens is 1. The molecule has 1 aliphatic carbocycles. The first kappa shape index (κ1) is 15.1. The second-order valence-electron chi connectivity index (χ2n) is 6.64. The average Bonchev–Trinajstić information content (AvgIpc) is 2.96. The van der Waals surface area contributed by atoms with Crippen molar-refractivity contribution in [3.8, 4) is 0 Å². The third-order valence-corrected chi connectivity index (χ3v) is 4.72. The van der Waals surface area contributed by atoms with Crippen LogP contribution >= 0.6 is 0 Å². The van der Waals surface area contributed by atoms with E-state index in [1.54, 1.807) is 12.1 Å². The van der Waals surface area contributed by atoms with Crippen LogP contribution in [-0.4, -0.2) is 4.98 Å². The SMILES string of the molecule is Cc1cc(F)cc(C2CCc3oc(Cc4ccccc4)nc3C2)c1. The van der Waals surface area contributed by atoms with Crippen LogP contribution in [0.4, 0.5) is 4.39 Å². The van der Waals surface area contributed by atoms with Gasteiger partial charge in [0.2, 0.25) is 0 Å². The third-order valence-electron chi connectivity index (χ3n) is 4.72. The highest BCUT2D eigenvalue weighted by atomic mass is 19.1. The van der Waals surface area contributed by atoms with E-state index in [4.69, 9.17) is 9.40 Å². The number of fused-ring (bicyclic) bond motifs is 1. The third kappa shape index (κ3) is 3.12. The van der Waals surface area contributed by atoms with Gasteiger partial charge in [0.25, 0.3) is 0 Å². The number of halogens is 1. The Balaban J connectivity index is 1.55. The number of hydrogen-bond donors (Lipinski definition) is 0. The Hall–Kier alpha value is -2.42. The van der Waals surface area contributed by atoms with Gasteiger partial charge in [-0.1, -0.05) is 36.4 Å². The van der Waals surface area contributed by atoms with Gasteiger partial charge in [0, 0.05) is 19.3 Å². The van der Waals surface area contributed by atoms with Gasteiger partial charge in [-0.15, -0.1) is 0 Å². The van der Waals surface area contributed by atoms with Gasteiger partial charge >= 0.3 is 0 Å². The topological polar surface area (TPSA) is 26.0 Å². The Morgan fingerprint density at radius 3 is 2.79 bits per heavy atom. The van der Waals surface area contributed by atoms with Crippen molar-refractivity contribution in [2.24, 2.45) is 0 Å². The lowest BCUT2D eigenvalue weighted by Crippen LogP contribution is -2.12. The van der Waals surface area contributed by atoms with E-state index in [-0.39, 0.29) is 5.82 Å². The van der Waals surface area contributed by atoms with Crippen LogP contribution in [-0.2, 0) is 19.3 Å². The van der Waals surface area contributed by atoms with Gasteiger partial charge in [-0.3, -0.25) is 0 Å². The number of hydrogen-bond acceptors (Lipinski definition) is 2. The normalized spacial score (nSPS) is 16.8. The van der Waals surface area contributed by atoms with Gasteiger partial charge in [0.15, 0.2) is 5.89 Å². The minimum atomic E-state index is -0.152. The lowest BCUT2D eigenvalue weighted by Gasteiger charge is -2.21. The number of rotatable bonds is 3. The molecule has 0 fully saturated rings. The molecular weight excluding hydrogens is 301 g/mol. The minimum Gasteiger partial charge on any atom is -0.445 e. The lowest BCUT2D eigenvalue weighted by molar-refractivity contribution is 0.433. The molecule has 0 radical (unpaired) electrons. The fourth-order valence-corrected chi connectivity index (χ4v) is 3.56. The molecule has 0 N–H and O–H groups in total. The van der Waals surface area contributed by atoms with Crippen LogP contribution < -0.4 is 0 Å². The fourth-order valence-electron chi connectivity index (χ4n) is 3.56. The summed E-state index contributed by atoms with van der Waals surface area (Å²) in [5, 5.41) is 0. The summed E-state index contributed by atoms with van der Waals surface area (Å²) in [6.07, 6.45) is 3.40. The van der Waals surface area contributed by atoms with Crippen LogP contribution in [0, 0.1) is 12.7 Å². The Morgan fingerprint density at radius 1 is 1.17 bits per heavy atom. The van der Waals surface area contributed by atoms with E-state index in [1.807, 2.05) is 25.1 Å². The van der Waals surface area contributed by atoms with Gasteiger partial charge < -0.3 is 4.42 Å². The molecule has 122 valence electrons. The Morgan fingerprint density at radius 2 is 2.00 bits per heavy atom. The molecule has 0 saturated carbocycles. The molecule has 1 unspecified atom stereocenters. The van der Waals surface area contributed by atoms with Gasteiger partial charge in [0.1, 0.15) is 11.6 Å². The predicted molar refractivity (Wildman–Crippen MR) is 91.7 cm³/mol. The second-order valence-corrected chi connectivity index (χ2v) is 6.64. The first-order valence-electron chi connectivity index (χ1n) is 8.46. The summed E-state index contributed by atoms with van der Waals surface area (Å²) in [6.45, 7) is 1.94. The molecule has 0 saturated heterocycles. The molecule has 1 aromatic heterocycles. The standard InChI is InChI=1S/C21H20FNO/c1-14-9-17(12-18(22)10-14)16-7-8-20-19(13-16)23-21(24-20)11-15-5-3-2-4-6-15/h2-6,9-10,12,16H,7-8,11,13H2,1H3. The summed E-state index contributed by atoms with van der Waals surface area (Å²) in [7, 11) is 0. The van der Waals surface area contributed by atoms with Crippen LogP contribution in [0.15, 0.2) is 52.9 Å². The number of benzene rings is 2. The molecule has 3 heteroatoms. The van der Waals surface area contributed by atoms with E-state index >= 15 is 0 Å². The summed E-state index contributed by atoms with van der Waals surface area (Å²) in [5.74, 6) is 1.95. The molecule has 0 bridgehead atoms. The maximum absolute atomic E-state index is 13.7. The smallest absolute Gasteiger partial charge is 0.199 e. The second kappa shape index (κ2) is 6.23. The van der Waals surface area contributed by atoms with Crippen molar-refractivity contribution in [1.29, 1.82) is 0 Å². The van der Waals surface area contributed by atoms with Crippen molar-refractivity contribution in [1.82, 2.24) is 4.98 Å². The molecule has 2 nitrogen and oxygen atoms in total. The number of aryl methyl sites for hydroxylation is 2. The van der Waals surface area contributed by atoms with Gasteiger partial charge in [0.05, 0.1) is 5.69 Å². The number of nitrogens with zero attached hydrogens (tertiary/aromatic N) is 1. The van der Waals surface area contributed by atoms with Gasteiger partial charge in [-0.05, 0) is 48.1 Å². The van der Waals surface area contributed by atoms with Crippen LogP contribution in [0.1, 0.15) is 46.4 Å². The van der Waals surface area contributed by atoms with E-state index in [2.05, 4.69) is 18.2 Å². The summed E-state index contributed by atoms with van der Waals surface area (Å²) >= 11 is 0. The van der Waals surface area contributed by atoms with Crippen LogP contribution in [0.2, 0.25) is 0 Å².